The van der Waals surface area contributed by atoms with Crippen LogP contribution < -0.4 is 11.1 Å². The molecule has 0 spiro atoms. The molecule has 1 amide bonds. The molecule has 7 heteroatoms. The van der Waals surface area contributed by atoms with Crippen LogP contribution in [0.15, 0.2) is 29.2 Å². The van der Waals surface area contributed by atoms with Crippen LogP contribution in [0.5, 0.6) is 0 Å². The third-order valence-electron chi connectivity index (χ3n) is 4.92. The highest BCUT2D eigenvalue weighted by atomic mass is 32.2. The predicted molar refractivity (Wildman–Crippen MR) is 98.4 cm³/mol. The maximum Gasteiger partial charge on any atom is 0.243 e. The minimum atomic E-state index is -3.45. The van der Waals surface area contributed by atoms with Gasteiger partial charge in [0.05, 0.1) is 10.4 Å². The quantitative estimate of drug-likeness (QED) is 0.771. The molecule has 0 aliphatic heterocycles. The van der Waals surface area contributed by atoms with Gasteiger partial charge in [0.25, 0.3) is 0 Å². The van der Waals surface area contributed by atoms with Crippen LogP contribution in [0.25, 0.3) is 0 Å². The van der Waals surface area contributed by atoms with Gasteiger partial charge < -0.3 is 11.1 Å². The summed E-state index contributed by atoms with van der Waals surface area (Å²) in [5.74, 6) is -0.118. The van der Waals surface area contributed by atoms with Crippen LogP contribution >= 0.6 is 0 Å². The fraction of sp³-hybridized carbons (Fsp3) is 0.611. The molecular formula is C18H29N3O3S. The zero-order valence-electron chi connectivity index (χ0n) is 15.1. The van der Waals surface area contributed by atoms with E-state index < -0.39 is 15.6 Å². The highest BCUT2D eigenvalue weighted by Crippen LogP contribution is 2.26. The van der Waals surface area contributed by atoms with Crippen molar-refractivity contribution in [2.24, 2.45) is 5.73 Å². The number of benzene rings is 1. The standard InChI is InChI=1S/C18H29N3O3S/c1-3-21(4-2)25(23,24)16-10-8-15(9-11-16)14-20-17(22)18(19)12-6-5-7-13-18/h8-11H,3-7,12-14,19H2,1-2H3,(H,20,22). The molecule has 0 aromatic heterocycles. The summed E-state index contributed by atoms with van der Waals surface area (Å²) >= 11 is 0. The van der Waals surface area contributed by atoms with Gasteiger partial charge >= 0.3 is 0 Å². The summed E-state index contributed by atoms with van der Waals surface area (Å²) in [5, 5.41) is 2.89. The van der Waals surface area contributed by atoms with E-state index in [1.807, 2.05) is 13.8 Å². The first kappa shape index (κ1) is 19.9. The number of amides is 1. The topological polar surface area (TPSA) is 92.5 Å². The molecule has 0 atom stereocenters. The smallest absolute Gasteiger partial charge is 0.243 e. The summed E-state index contributed by atoms with van der Waals surface area (Å²) in [4.78, 5) is 12.6. The first-order valence-corrected chi connectivity index (χ1v) is 10.4. The Balaban J connectivity index is 2.00. The monoisotopic (exact) mass is 367 g/mol. The fourth-order valence-electron chi connectivity index (χ4n) is 3.26. The molecule has 1 saturated carbocycles. The Bertz CT molecular complexity index is 676. The third-order valence-corrected chi connectivity index (χ3v) is 6.98. The molecule has 2 rings (SSSR count). The minimum Gasteiger partial charge on any atom is -0.350 e. The first-order chi connectivity index (χ1) is 11.8. The average Bonchev–Trinajstić information content (AvgIpc) is 2.61. The molecule has 3 N–H and O–H groups in total. The van der Waals surface area contributed by atoms with Crippen molar-refractivity contribution in [3.05, 3.63) is 29.8 Å². The Morgan fingerprint density at radius 1 is 1.12 bits per heavy atom. The van der Waals surface area contributed by atoms with Crippen LogP contribution in [0.3, 0.4) is 0 Å². The van der Waals surface area contributed by atoms with Crippen LogP contribution in [0.4, 0.5) is 0 Å². The van der Waals surface area contributed by atoms with E-state index in [0.717, 1.165) is 37.7 Å². The highest BCUT2D eigenvalue weighted by Gasteiger charge is 2.34. The second kappa shape index (κ2) is 8.29. The van der Waals surface area contributed by atoms with E-state index in [1.54, 1.807) is 24.3 Å². The molecule has 0 saturated heterocycles. The predicted octanol–water partition coefficient (Wildman–Crippen LogP) is 1.99. The summed E-state index contributed by atoms with van der Waals surface area (Å²) in [6.45, 7) is 4.87. The molecule has 1 aliphatic rings. The van der Waals surface area contributed by atoms with E-state index >= 15 is 0 Å². The van der Waals surface area contributed by atoms with E-state index in [2.05, 4.69) is 5.32 Å². The fourth-order valence-corrected chi connectivity index (χ4v) is 4.72. The zero-order valence-corrected chi connectivity index (χ0v) is 15.9. The molecule has 0 unspecified atom stereocenters. The molecule has 1 aliphatic carbocycles. The van der Waals surface area contributed by atoms with Crippen molar-refractivity contribution in [3.8, 4) is 0 Å². The number of hydrogen-bond donors (Lipinski definition) is 2. The Morgan fingerprint density at radius 3 is 2.20 bits per heavy atom. The van der Waals surface area contributed by atoms with Gasteiger partial charge in [-0.2, -0.15) is 4.31 Å². The number of carbonyl (C=O) groups excluding carboxylic acids is 1. The molecule has 1 fully saturated rings. The summed E-state index contributed by atoms with van der Waals surface area (Å²) in [6, 6.07) is 6.66. The summed E-state index contributed by atoms with van der Waals surface area (Å²) < 4.78 is 26.3. The third kappa shape index (κ3) is 4.59. The van der Waals surface area contributed by atoms with Crippen molar-refractivity contribution in [3.63, 3.8) is 0 Å². The lowest BCUT2D eigenvalue weighted by Gasteiger charge is -2.31. The van der Waals surface area contributed by atoms with Gasteiger partial charge in [0.2, 0.25) is 15.9 Å². The second-order valence-corrected chi connectivity index (χ2v) is 8.57. The zero-order chi connectivity index (χ0) is 18.5. The number of carbonyl (C=O) groups is 1. The van der Waals surface area contributed by atoms with Crippen LogP contribution in [0.1, 0.15) is 51.5 Å². The molecule has 140 valence electrons. The van der Waals surface area contributed by atoms with Crippen LogP contribution in [-0.4, -0.2) is 37.3 Å². The van der Waals surface area contributed by atoms with Crippen molar-refractivity contribution in [1.29, 1.82) is 0 Å². The number of rotatable bonds is 7. The molecule has 0 bridgehead atoms. The Kier molecular flexibility index (Phi) is 6.59. The van der Waals surface area contributed by atoms with Gasteiger partial charge in [-0.25, -0.2) is 8.42 Å². The number of nitrogens with one attached hydrogen (secondary N) is 1. The lowest BCUT2D eigenvalue weighted by molar-refractivity contribution is -0.127. The maximum absolute atomic E-state index is 12.5. The van der Waals surface area contributed by atoms with Gasteiger partial charge in [-0.05, 0) is 30.5 Å². The van der Waals surface area contributed by atoms with Gasteiger partial charge in [-0.1, -0.05) is 45.2 Å². The summed E-state index contributed by atoms with van der Waals surface area (Å²) in [5.41, 5.74) is 6.31. The van der Waals surface area contributed by atoms with Crippen molar-refractivity contribution < 1.29 is 13.2 Å². The molecule has 1 aromatic rings. The molecule has 1 aromatic carbocycles. The van der Waals surface area contributed by atoms with Crippen LogP contribution in [0, 0.1) is 0 Å². The van der Waals surface area contributed by atoms with Crippen molar-refractivity contribution >= 4 is 15.9 Å². The van der Waals surface area contributed by atoms with Gasteiger partial charge in [-0.15, -0.1) is 0 Å². The highest BCUT2D eigenvalue weighted by molar-refractivity contribution is 7.89. The summed E-state index contributed by atoms with van der Waals surface area (Å²) in [7, 11) is -3.45. The van der Waals surface area contributed by atoms with Gasteiger partial charge in [0.15, 0.2) is 0 Å². The molecule has 25 heavy (non-hydrogen) atoms. The minimum absolute atomic E-state index is 0.118. The van der Waals surface area contributed by atoms with E-state index in [4.69, 9.17) is 5.73 Å². The number of nitrogens with two attached hydrogens (primary N) is 1. The lowest BCUT2D eigenvalue weighted by Crippen LogP contribution is -2.54. The van der Waals surface area contributed by atoms with E-state index in [0.29, 0.717) is 19.6 Å². The van der Waals surface area contributed by atoms with Gasteiger partial charge in [-0.3, -0.25) is 4.79 Å². The maximum atomic E-state index is 12.5. The molecule has 0 radical (unpaired) electrons. The van der Waals surface area contributed by atoms with Crippen molar-refractivity contribution in [2.75, 3.05) is 13.1 Å². The number of nitrogens with zero attached hydrogens (tertiary/aromatic N) is 1. The van der Waals surface area contributed by atoms with Gasteiger partial charge in [0, 0.05) is 19.6 Å². The first-order valence-electron chi connectivity index (χ1n) is 9.00. The Hall–Kier alpha value is -1.44. The van der Waals surface area contributed by atoms with Gasteiger partial charge in [0.1, 0.15) is 0 Å². The lowest BCUT2D eigenvalue weighted by atomic mass is 9.82. The van der Waals surface area contributed by atoms with Crippen LogP contribution in [0.2, 0.25) is 0 Å². The van der Waals surface area contributed by atoms with Crippen molar-refractivity contribution in [1.82, 2.24) is 9.62 Å². The van der Waals surface area contributed by atoms with E-state index in [-0.39, 0.29) is 10.8 Å². The normalized spacial score (nSPS) is 17.4. The second-order valence-electron chi connectivity index (χ2n) is 6.63. The SMILES string of the molecule is CCN(CC)S(=O)(=O)c1ccc(CNC(=O)C2(N)CCCCC2)cc1. The Morgan fingerprint density at radius 2 is 1.68 bits per heavy atom. The van der Waals surface area contributed by atoms with Crippen LogP contribution in [-0.2, 0) is 21.4 Å². The summed E-state index contributed by atoms with van der Waals surface area (Å²) in [6.07, 6.45) is 4.55. The number of hydrogen-bond acceptors (Lipinski definition) is 4. The molecule has 6 nitrogen and oxygen atoms in total. The number of sulfonamides is 1. The molecule has 0 heterocycles. The largest absolute Gasteiger partial charge is 0.350 e. The molecular weight excluding hydrogens is 338 g/mol. The van der Waals surface area contributed by atoms with E-state index in [1.165, 1.54) is 4.31 Å². The van der Waals surface area contributed by atoms with E-state index in [9.17, 15) is 13.2 Å². The van der Waals surface area contributed by atoms with Crippen molar-refractivity contribution in [2.45, 2.75) is 62.9 Å². The average molecular weight is 368 g/mol. The Labute approximate surface area is 150 Å².